The Bertz CT molecular complexity index is 814. The number of benzene rings is 1. The lowest BCUT2D eigenvalue weighted by Gasteiger charge is -2.11. The highest BCUT2D eigenvalue weighted by Crippen LogP contribution is 2.19. The largest absolute Gasteiger partial charge is 0.476 e. The van der Waals surface area contributed by atoms with E-state index in [1.54, 1.807) is 30.5 Å². The van der Waals surface area contributed by atoms with Gasteiger partial charge in [-0.2, -0.15) is 0 Å². The fourth-order valence-corrected chi connectivity index (χ4v) is 2.20. The molecule has 3 aromatic rings. The van der Waals surface area contributed by atoms with E-state index < -0.39 is 5.97 Å². The van der Waals surface area contributed by atoms with Gasteiger partial charge in [0.25, 0.3) is 0 Å². The second kappa shape index (κ2) is 5.24. The number of rotatable bonds is 4. The number of nitrogens with zero attached hydrogens (tertiary/aromatic N) is 2. The predicted octanol–water partition coefficient (Wildman–Crippen LogP) is 2.78. The van der Waals surface area contributed by atoms with Crippen molar-refractivity contribution in [3.05, 3.63) is 65.9 Å². The molecule has 5 nitrogen and oxygen atoms in total. The number of hydrogen-bond donors (Lipinski definition) is 2. The van der Waals surface area contributed by atoms with Gasteiger partial charge in [0.05, 0.1) is 5.69 Å². The highest BCUT2D eigenvalue weighted by Gasteiger charge is 2.14. The molecule has 0 atom stereocenters. The summed E-state index contributed by atoms with van der Waals surface area (Å²) in [5.41, 5.74) is 1.85. The number of carboxylic acid groups (broad SMARTS) is 1. The van der Waals surface area contributed by atoms with Crippen LogP contribution in [0.2, 0.25) is 0 Å². The summed E-state index contributed by atoms with van der Waals surface area (Å²) >= 11 is 0. The first-order valence-corrected chi connectivity index (χ1v) is 6.33. The van der Waals surface area contributed by atoms with Crippen molar-refractivity contribution in [3.8, 4) is 0 Å². The first-order chi connectivity index (χ1) is 10.1. The van der Waals surface area contributed by atoms with E-state index >= 15 is 0 Å². The summed E-state index contributed by atoms with van der Waals surface area (Å²) in [5, 5.41) is 12.4. The molecule has 21 heavy (non-hydrogen) atoms. The molecule has 2 heterocycles. The smallest absolute Gasteiger partial charge is 0.355 e. The summed E-state index contributed by atoms with van der Waals surface area (Å²) in [6.45, 7) is 0.332. The van der Waals surface area contributed by atoms with E-state index in [2.05, 4.69) is 10.3 Å². The standard InChI is InChI=1S/C15H12FN3O2/c16-11-3-1-2-10(8-11)9-18-12-4-5-13-17-6-7-19(13)14(12)15(20)21/h1-8,18H,9H2,(H,20,21). The zero-order chi connectivity index (χ0) is 14.8. The summed E-state index contributed by atoms with van der Waals surface area (Å²) in [5.74, 6) is -1.38. The molecule has 106 valence electrons. The highest BCUT2D eigenvalue weighted by atomic mass is 19.1. The van der Waals surface area contributed by atoms with E-state index in [1.165, 1.54) is 22.7 Å². The van der Waals surface area contributed by atoms with Crippen molar-refractivity contribution in [2.45, 2.75) is 6.54 Å². The SMILES string of the molecule is O=C(O)c1c(NCc2cccc(F)c2)ccc2nccn12. The third-order valence-corrected chi connectivity index (χ3v) is 3.14. The first kappa shape index (κ1) is 13.1. The summed E-state index contributed by atoms with van der Waals surface area (Å²) < 4.78 is 14.6. The lowest BCUT2D eigenvalue weighted by atomic mass is 10.2. The molecule has 0 bridgehead atoms. The summed E-state index contributed by atoms with van der Waals surface area (Å²) in [7, 11) is 0. The van der Waals surface area contributed by atoms with Crippen molar-refractivity contribution >= 4 is 17.3 Å². The Labute approximate surface area is 119 Å². The topological polar surface area (TPSA) is 66.6 Å². The average molecular weight is 285 g/mol. The number of imidazole rings is 1. The highest BCUT2D eigenvalue weighted by molar-refractivity contribution is 5.93. The van der Waals surface area contributed by atoms with Gasteiger partial charge in [0.15, 0.2) is 5.69 Å². The van der Waals surface area contributed by atoms with Crippen LogP contribution in [0.3, 0.4) is 0 Å². The number of pyridine rings is 1. The van der Waals surface area contributed by atoms with Crippen LogP contribution in [0, 0.1) is 5.82 Å². The molecule has 1 aromatic carbocycles. The van der Waals surface area contributed by atoms with Gasteiger partial charge in [0, 0.05) is 18.9 Å². The summed E-state index contributed by atoms with van der Waals surface area (Å²) in [6, 6.07) is 9.54. The van der Waals surface area contributed by atoms with Crippen LogP contribution in [0.15, 0.2) is 48.8 Å². The number of aromatic nitrogens is 2. The maximum Gasteiger partial charge on any atom is 0.355 e. The van der Waals surface area contributed by atoms with Gasteiger partial charge in [0.1, 0.15) is 11.5 Å². The van der Waals surface area contributed by atoms with Crippen LogP contribution in [0.5, 0.6) is 0 Å². The fourth-order valence-electron chi connectivity index (χ4n) is 2.20. The van der Waals surface area contributed by atoms with Crippen LogP contribution < -0.4 is 5.32 Å². The van der Waals surface area contributed by atoms with Crippen molar-refractivity contribution in [3.63, 3.8) is 0 Å². The third kappa shape index (κ3) is 2.55. The molecule has 2 N–H and O–H groups in total. The molecule has 2 aromatic heterocycles. The van der Waals surface area contributed by atoms with Crippen molar-refractivity contribution in [1.29, 1.82) is 0 Å². The lowest BCUT2D eigenvalue weighted by molar-refractivity contribution is 0.0690. The Morgan fingerprint density at radius 1 is 1.33 bits per heavy atom. The summed E-state index contributed by atoms with van der Waals surface area (Å²) in [6.07, 6.45) is 3.13. The van der Waals surface area contributed by atoms with Crippen molar-refractivity contribution in [2.75, 3.05) is 5.32 Å². The molecule has 3 rings (SSSR count). The van der Waals surface area contributed by atoms with Gasteiger partial charge in [-0.05, 0) is 29.8 Å². The van der Waals surface area contributed by atoms with Crippen LogP contribution in [-0.2, 0) is 6.54 Å². The second-order valence-corrected chi connectivity index (χ2v) is 4.54. The number of fused-ring (bicyclic) bond motifs is 1. The van der Waals surface area contributed by atoms with Crippen molar-refractivity contribution in [2.24, 2.45) is 0 Å². The molecule has 0 aliphatic carbocycles. The van der Waals surface area contributed by atoms with E-state index in [9.17, 15) is 14.3 Å². The molecular formula is C15H12FN3O2. The minimum atomic E-state index is -1.06. The van der Waals surface area contributed by atoms with Crippen LogP contribution >= 0.6 is 0 Å². The molecule has 0 fully saturated rings. The van der Waals surface area contributed by atoms with E-state index in [0.29, 0.717) is 17.9 Å². The Morgan fingerprint density at radius 3 is 2.95 bits per heavy atom. The summed E-state index contributed by atoms with van der Waals surface area (Å²) in [4.78, 5) is 15.5. The van der Waals surface area contributed by atoms with Gasteiger partial charge in [0.2, 0.25) is 0 Å². The second-order valence-electron chi connectivity index (χ2n) is 4.54. The van der Waals surface area contributed by atoms with E-state index in [4.69, 9.17) is 0 Å². The molecule has 0 aliphatic heterocycles. The number of hydrogen-bond acceptors (Lipinski definition) is 3. The predicted molar refractivity (Wildman–Crippen MR) is 75.9 cm³/mol. The molecule has 0 saturated carbocycles. The molecular weight excluding hydrogens is 273 g/mol. The zero-order valence-electron chi connectivity index (χ0n) is 11.0. The zero-order valence-corrected chi connectivity index (χ0v) is 11.0. The Hall–Kier alpha value is -2.89. The quantitative estimate of drug-likeness (QED) is 0.773. The van der Waals surface area contributed by atoms with Gasteiger partial charge in [-0.25, -0.2) is 14.2 Å². The number of carbonyl (C=O) groups is 1. The average Bonchev–Trinajstić information content (AvgIpc) is 2.92. The Kier molecular flexibility index (Phi) is 3.27. The van der Waals surface area contributed by atoms with Crippen LogP contribution in [0.25, 0.3) is 5.65 Å². The number of halogens is 1. The van der Waals surface area contributed by atoms with E-state index in [-0.39, 0.29) is 11.5 Å². The molecule has 0 amide bonds. The van der Waals surface area contributed by atoms with E-state index in [1.807, 2.05) is 0 Å². The molecule has 0 radical (unpaired) electrons. The minimum Gasteiger partial charge on any atom is -0.476 e. The maximum atomic E-state index is 13.1. The number of carboxylic acids is 1. The van der Waals surface area contributed by atoms with Gasteiger partial charge in [-0.3, -0.25) is 4.40 Å². The Balaban J connectivity index is 1.93. The third-order valence-electron chi connectivity index (χ3n) is 3.14. The number of anilines is 1. The molecule has 0 unspecified atom stereocenters. The van der Waals surface area contributed by atoms with Crippen molar-refractivity contribution < 1.29 is 14.3 Å². The molecule has 0 aliphatic rings. The fraction of sp³-hybridized carbons (Fsp3) is 0.0667. The van der Waals surface area contributed by atoms with Crippen LogP contribution in [0.1, 0.15) is 16.1 Å². The van der Waals surface area contributed by atoms with Crippen LogP contribution in [-0.4, -0.2) is 20.5 Å². The molecule has 0 spiro atoms. The lowest BCUT2D eigenvalue weighted by Crippen LogP contribution is -2.11. The van der Waals surface area contributed by atoms with Crippen molar-refractivity contribution in [1.82, 2.24) is 9.38 Å². The van der Waals surface area contributed by atoms with Gasteiger partial charge in [-0.1, -0.05) is 12.1 Å². The molecule has 6 heteroatoms. The van der Waals surface area contributed by atoms with Gasteiger partial charge < -0.3 is 10.4 Å². The maximum absolute atomic E-state index is 13.1. The van der Waals surface area contributed by atoms with Gasteiger partial charge >= 0.3 is 5.97 Å². The monoisotopic (exact) mass is 285 g/mol. The number of aromatic carboxylic acids is 1. The molecule has 0 saturated heterocycles. The van der Waals surface area contributed by atoms with Crippen LogP contribution in [0.4, 0.5) is 10.1 Å². The Morgan fingerprint density at radius 2 is 2.19 bits per heavy atom. The van der Waals surface area contributed by atoms with E-state index in [0.717, 1.165) is 5.56 Å². The minimum absolute atomic E-state index is 0.0985. The first-order valence-electron chi connectivity index (χ1n) is 6.33. The normalized spacial score (nSPS) is 10.7. The van der Waals surface area contributed by atoms with Gasteiger partial charge in [-0.15, -0.1) is 0 Å². The number of nitrogens with one attached hydrogen (secondary N) is 1.